The van der Waals surface area contributed by atoms with Crippen LogP contribution in [-0.2, 0) is 27.4 Å². The summed E-state index contributed by atoms with van der Waals surface area (Å²) in [5, 5.41) is 11.4. The van der Waals surface area contributed by atoms with Crippen LogP contribution in [0.3, 0.4) is 0 Å². The first kappa shape index (κ1) is 27.1. The smallest absolute Gasteiger partial charge is 0.247 e. The van der Waals surface area contributed by atoms with Crippen LogP contribution in [0.2, 0.25) is 0 Å². The minimum atomic E-state index is -0.931. The molecule has 2 amide bonds. The monoisotopic (exact) mass is 543 g/mol. The fourth-order valence-corrected chi connectivity index (χ4v) is 4.97. The number of para-hydroxylation sites is 2. The number of nitrogens with zero attached hydrogens (tertiary/aromatic N) is 4. The minimum Gasteiger partial charge on any atom is -0.497 e. The van der Waals surface area contributed by atoms with E-state index in [0.717, 1.165) is 23.9 Å². The second-order valence-corrected chi connectivity index (χ2v) is 9.63. The number of hydrogen-bond acceptors (Lipinski definition) is 7. The summed E-state index contributed by atoms with van der Waals surface area (Å²) in [6.07, 6.45) is 1.81. The van der Waals surface area contributed by atoms with E-state index in [1.54, 1.807) is 35.9 Å². The van der Waals surface area contributed by atoms with Crippen LogP contribution in [0.15, 0.2) is 72.8 Å². The highest BCUT2D eigenvalue weighted by atomic mass is 16.5. The molecule has 0 radical (unpaired) electrons. The molecule has 10 nitrogen and oxygen atoms in total. The van der Waals surface area contributed by atoms with Crippen LogP contribution in [-0.4, -0.2) is 65.2 Å². The van der Waals surface area contributed by atoms with E-state index in [0.29, 0.717) is 35.7 Å². The Bertz CT molecular complexity index is 1450. The van der Waals surface area contributed by atoms with E-state index in [2.05, 4.69) is 15.6 Å². The van der Waals surface area contributed by atoms with Crippen LogP contribution >= 0.6 is 0 Å². The molecule has 0 spiro atoms. The summed E-state index contributed by atoms with van der Waals surface area (Å²) in [6.45, 7) is 1.10. The Morgan fingerprint density at radius 2 is 1.82 bits per heavy atom. The van der Waals surface area contributed by atoms with Crippen molar-refractivity contribution in [3.63, 3.8) is 0 Å². The van der Waals surface area contributed by atoms with Crippen LogP contribution < -0.4 is 14.8 Å². The molecule has 2 heterocycles. The Labute approximate surface area is 232 Å². The molecule has 0 unspecified atom stereocenters. The maximum Gasteiger partial charge on any atom is 0.247 e. The lowest BCUT2D eigenvalue weighted by Gasteiger charge is -2.32. The van der Waals surface area contributed by atoms with Gasteiger partial charge in [0.25, 0.3) is 0 Å². The quantitative estimate of drug-likeness (QED) is 0.308. The Balaban J connectivity index is 1.52. The molecule has 3 aromatic carbocycles. The largest absolute Gasteiger partial charge is 0.497 e. The van der Waals surface area contributed by atoms with Gasteiger partial charge in [0.1, 0.15) is 29.6 Å². The maximum atomic E-state index is 14.1. The summed E-state index contributed by atoms with van der Waals surface area (Å²) in [5.74, 6) is 0.681. The van der Waals surface area contributed by atoms with Crippen LogP contribution in [0.4, 0.5) is 0 Å². The topological polar surface area (TPSA) is 108 Å². The van der Waals surface area contributed by atoms with Crippen molar-refractivity contribution in [1.29, 1.82) is 0 Å². The molecule has 0 saturated carbocycles. The van der Waals surface area contributed by atoms with Gasteiger partial charge in [0, 0.05) is 18.7 Å². The summed E-state index contributed by atoms with van der Waals surface area (Å²) >= 11 is 0. The molecule has 4 aromatic rings. The number of amides is 2. The molecule has 0 aliphatic carbocycles. The Morgan fingerprint density at radius 1 is 1.05 bits per heavy atom. The third-order valence-electron chi connectivity index (χ3n) is 7.08. The molecule has 1 aliphatic rings. The van der Waals surface area contributed by atoms with Gasteiger partial charge in [-0.25, -0.2) is 4.68 Å². The number of methoxy groups -OCH3 is 2. The summed E-state index contributed by atoms with van der Waals surface area (Å²) < 4.78 is 18.2. The van der Waals surface area contributed by atoms with Gasteiger partial charge in [-0.1, -0.05) is 47.7 Å². The fraction of sp³-hybridized carbons (Fsp3) is 0.333. The van der Waals surface area contributed by atoms with Crippen molar-refractivity contribution in [1.82, 2.24) is 25.2 Å². The van der Waals surface area contributed by atoms with Gasteiger partial charge in [-0.2, -0.15) is 0 Å². The molecule has 1 saturated heterocycles. The Morgan fingerprint density at radius 3 is 2.58 bits per heavy atom. The zero-order valence-electron chi connectivity index (χ0n) is 22.7. The van der Waals surface area contributed by atoms with Gasteiger partial charge >= 0.3 is 0 Å². The van der Waals surface area contributed by atoms with Crippen LogP contribution in [0, 0.1) is 0 Å². The highest BCUT2D eigenvalue weighted by Crippen LogP contribution is 2.29. The van der Waals surface area contributed by atoms with E-state index in [1.165, 1.54) is 0 Å². The SMILES string of the molecule is COc1ccc([C@H](C(=O)NC[C@H]2CCCO2)N(Cc2ccccc2OC)C(=O)Cn2nnc3ccccc32)cc1. The first-order valence-electron chi connectivity index (χ1n) is 13.3. The van der Waals surface area contributed by atoms with E-state index in [1.807, 2.05) is 60.7 Å². The summed E-state index contributed by atoms with van der Waals surface area (Å²) in [7, 11) is 3.17. The number of carbonyl (C=O) groups is 2. The van der Waals surface area contributed by atoms with E-state index in [-0.39, 0.29) is 31.0 Å². The molecule has 1 aromatic heterocycles. The first-order valence-corrected chi connectivity index (χ1v) is 13.3. The molecule has 0 bridgehead atoms. The van der Waals surface area contributed by atoms with Crippen molar-refractivity contribution in [2.45, 2.75) is 38.1 Å². The lowest BCUT2D eigenvalue weighted by atomic mass is 10.0. The summed E-state index contributed by atoms with van der Waals surface area (Å²) in [6, 6.07) is 21.2. The minimum absolute atomic E-state index is 0.0413. The number of fused-ring (bicyclic) bond motifs is 1. The Hall–Kier alpha value is -4.44. The third-order valence-corrected chi connectivity index (χ3v) is 7.08. The van der Waals surface area contributed by atoms with Crippen LogP contribution in [0.5, 0.6) is 11.5 Å². The summed E-state index contributed by atoms with van der Waals surface area (Å²) in [4.78, 5) is 29.6. The van der Waals surface area contributed by atoms with Crippen molar-refractivity contribution in [2.75, 3.05) is 27.4 Å². The van der Waals surface area contributed by atoms with E-state index >= 15 is 0 Å². The number of nitrogens with one attached hydrogen (secondary N) is 1. The molecule has 10 heteroatoms. The number of rotatable bonds is 11. The highest BCUT2D eigenvalue weighted by Gasteiger charge is 2.33. The number of benzene rings is 3. The average molecular weight is 544 g/mol. The predicted molar refractivity (Wildman–Crippen MR) is 149 cm³/mol. The Kier molecular flexibility index (Phi) is 8.56. The standard InChI is InChI=1S/C30H33N5O5/c1-38-23-15-13-21(14-16-23)29(30(37)31-18-24-9-7-17-40-24)34(19-22-8-3-6-12-27(22)39-2)28(36)20-35-26-11-5-4-10-25(26)32-33-35/h3-6,8,10-16,24,29H,7,9,17-20H2,1-2H3,(H,31,37)/t24-,29-/m1/s1. The molecule has 1 fully saturated rings. The number of carbonyl (C=O) groups excluding carboxylic acids is 2. The molecule has 1 aliphatic heterocycles. The molecule has 208 valence electrons. The zero-order chi connectivity index (χ0) is 27.9. The number of hydrogen-bond donors (Lipinski definition) is 1. The second kappa shape index (κ2) is 12.6. The highest BCUT2D eigenvalue weighted by molar-refractivity contribution is 5.89. The van der Waals surface area contributed by atoms with E-state index < -0.39 is 6.04 Å². The summed E-state index contributed by atoms with van der Waals surface area (Å²) in [5.41, 5.74) is 2.84. The second-order valence-electron chi connectivity index (χ2n) is 9.63. The van der Waals surface area contributed by atoms with Gasteiger partial charge < -0.3 is 24.4 Å². The average Bonchev–Trinajstić information content (AvgIpc) is 3.67. The fourth-order valence-electron chi connectivity index (χ4n) is 4.97. The van der Waals surface area contributed by atoms with Crippen molar-refractivity contribution in [3.8, 4) is 11.5 Å². The van der Waals surface area contributed by atoms with Gasteiger partial charge in [0.15, 0.2) is 0 Å². The van der Waals surface area contributed by atoms with Gasteiger partial charge in [-0.15, -0.1) is 5.10 Å². The number of aromatic nitrogens is 3. The lowest BCUT2D eigenvalue weighted by molar-refractivity contribution is -0.142. The van der Waals surface area contributed by atoms with Crippen molar-refractivity contribution in [2.24, 2.45) is 0 Å². The van der Waals surface area contributed by atoms with E-state index in [4.69, 9.17) is 14.2 Å². The van der Waals surface area contributed by atoms with Crippen molar-refractivity contribution >= 4 is 22.8 Å². The molecular weight excluding hydrogens is 510 g/mol. The van der Waals surface area contributed by atoms with Gasteiger partial charge in [0.2, 0.25) is 11.8 Å². The van der Waals surface area contributed by atoms with Crippen molar-refractivity contribution < 1.29 is 23.8 Å². The van der Waals surface area contributed by atoms with Crippen LogP contribution in [0.25, 0.3) is 11.0 Å². The first-order chi connectivity index (χ1) is 19.6. The van der Waals surface area contributed by atoms with Gasteiger partial charge in [-0.3, -0.25) is 9.59 Å². The van der Waals surface area contributed by atoms with Crippen molar-refractivity contribution in [3.05, 3.63) is 83.9 Å². The lowest BCUT2D eigenvalue weighted by Crippen LogP contribution is -2.46. The molecule has 1 N–H and O–H groups in total. The maximum absolute atomic E-state index is 14.1. The number of ether oxygens (including phenoxy) is 3. The third kappa shape index (κ3) is 6.07. The molecule has 40 heavy (non-hydrogen) atoms. The van der Waals surface area contributed by atoms with Crippen LogP contribution in [0.1, 0.15) is 30.0 Å². The molecule has 2 atom stereocenters. The predicted octanol–water partition coefficient (Wildman–Crippen LogP) is 3.51. The molecule has 5 rings (SSSR count). The van der Waals surface area contributed by atoms with E-state index in [9.17, 15) is 9.59 Å². The van der Waals surface area contributed by atoms with Gasteiger partial charge in [-0.05, 0) is 48.7 Å². The molecular formula is C30H33N5O5. The normalized spacial score (nSPS) is 15.5. The zero-order valence-corrected chi connectivity index (χ0v) is 22.7. The van der Waals surface area contributed by atoms with Gasteiger partial charge in [0.05, 0.1) is 32.4 Å².